The molecule has 0 saturated carbocycles. The molecule has 0 aromatic heterocycles. The third-order valence-corrected chi connectivity index (χ3v) is 4.11. The Labute approximate surface area is 110 Å². The summed E-state index contributed by atoms with van der Waals surface area (Å²) >= 11 is 3.44. The minimum absolute atomic E-state index is 0.187. The second kappa shape index (κ2) is 5.94. The molecule has 94 valence electrons. The molecule has 1 aromatic carbocycles. The zero-order chi connectivity index (χ0) is 12.3. The van der Waals surface area contributed by atoms with Crippen molar-refractivity contribution < 1.29 is 9.50 Å². The topological polar surface area (TPSA) is 23.5 Å². The van der Waals surface area contributed by atoms with E-state index in [2.05, 4.69) is 20.8 Å². The zero-order valence-corrected chi connectivity index (χ0v) is 11.3. The van der Waals surface area contributed by atoms with Gasteiger partial charge < -0.3 is 5.11 Å². The van der Waals surface area contributed by atoms with Gasteiger partial charge in [-0.15, -0.1) is 0 Å². The Morgan fingerprint density at radius 2 is 2.24 bits per heavy atom. The summed E-state index contributed by atoms with van der Waals surface area (Å²) in [6.07, 6.45) is 3.36. The number of aliphatic hydroxyl groups is 1. The molecule has 2 nitrogen and oxygen atoms in total. The minimum Gasteiger partial charge on any atom is -0.395 e. The van der Waals surface area contributed by atoms with E-state index in [-0.39, 0.29) is 18.5 Å². The van der Waals surface area contributed by atoms with Crippen LogP contribution in [0, 0.1) is 5.82 Å². The van der Waals surface area contributed by atoms with Crippen molar-refractivity contribution in [3.8, 4) is 0 Å². The monoisotopic (exact) mass is 301 g/mol. The van der Waals surface area contributed by atoms with Crippen LogP contribution in [-0.4, -0.2) is 29.2 Å². The van der Waals surface area contributed by atoms with Crippen LogP contribution in [0.4, 0.5) is 4.39 Å². The fourth-order valence-electron chi connectivity index (χ4n) is 2.36. The Morgan fingerprint density at radius 3 is 3.00 bits per heavy atom. The van der Waals surface area contributed by atoms with Crippen molar-refractivity contribution in [1.82, 2.24) is 4.90 Å². The quantitative estimate of drug-likeness (QED) is 0.928. The average molecular weight is 302 g/mol. The number of hydrogen-bond acceptors (Lipinski definition) is 2. The number of rotatable bonds is 3. The molecule has 2 rings (SSSR count). The molecule has 1 fully saturated rings. The number of hydrogen-bond donors (Lipinski definition) is 1. The Kier molecular flexibility index (Phi) is 4.54. The summed E-state index contributed by atoms with van der Waals surface area (Å²) in [5, 5.41) is 9.34. The number of likely N-dealkylation sites (tertiary alicyclic amines) is 1. The molecule has 0 bridgehead atoms. The smallest absolute Gasteiger partial charge is 0.123 e. The predicted octanol–water partition coefficient (Wildman–Crippen LogP) is 2.94. The van der Waals surface area contributed by atoms with Crippen LogP contribution in [0.25, 0.3) is 0 Å². The van der Waals surface area contributed by atoms with E-state index in [4.69, 9.17) is 0 Å². The van der Waals surface area contributed by atoms with Gasteiger partial charge in [-0.05, 0) is 43.1 Å². The van der Waals surface area contributed by atoms with E-state index in [0.29, 0.717) is 6.54 Å². The molecule has 1 N–H and O–H groups in total. The third-order valence-electron chi connectivity index (χ3n) is 3.34. The van der Waals surface area contributed by atoms with Gasteiger partial charge in [0.15, 0.2) is 0 Å². The average Bonchev–Trinajstić information content (AvgIpc) is 2.34. The minimum atomic E-state index is -0.208. The van der Waals surface area contributed by atoms with E-state index >= 15 is 0 Å². The van der Waals surface area contributed by atoms with Crippen molar-refractivity contribution in [2.24, 2.45) is 0 Å². The Morgan fingerprint density at radius 1 is 1.41 bits per heavy atom. The molecule has 1 atom stereocenters. The van der Waals surface area contributed by atoms with Gasteiger partial charge in [-0.25, -0.2) is 4.39 Å². The highest BCUT2D eigenvalue weighted by atomic mass is 79.9. The molecule has 1 aliphatic heterocycles. The van der Waals surface area contributed by atoms with Crippen molar-refractivity contribution in [2.75, 3.05) is 13.2 Å². The molecular formula is C13H17BrFNO. The zero-order valence-electron chi connectivity index (χ0n) is 9.70. The maximum atomic E-state index is 13.2. The van der Waals surface area contributed by atoms with Gasteiger partial charge in [0, 0.05) is 17.1 Å². The van der Waals surface area contributed by atoms with Gasteiger partial charge in [0.2, 0.25) is 0 Å². The van der Waals surface area contributed by atoms with E-state index in [1.807, 2.05) is 0 Å². The highest BCUT2D eigenvalue weighted by Gasteiger charge is 2.22. The normalized spacial score (nSPS) is 21.7. The largest absolute Gasteiger partial charge is 0.395 e. The van der Waals surface area contributed by atoms with Crippen LogP contribution in [0.2, 0.25) is 0 Å². The molecule has 0 radical (unpaired) electrons. The second-order valence-electron chi connectivity index (χ2n) is 4.54. The van der Waals surface area contributed by atoms with Crippen molar-refractivity contribution in [3.05, 3.63) is 34.1 Å². The van der Waals surface area contributed by atoms with Gasteiger partial charge >= 0.3 is 0 Å². The maximum Gasteiger partial charge on any atom is 0.123 e. The van der Waals surface area contributed by atoms with E-state index < -0.39 is 0 Å². The molecule has 1 aromatic rings. The van der Waals surface area contributed by atoms with Gasteiger partial charge in [0.1, 0.15) is 5.82 Å². The summed E-state index contributed by atoms with van der Waals surface area (Å²) in [6, 6.07) is 4.97. The molecular weight excluding hydrogens is 285 g/mol. The number of aliphatic hydroxyl groups excluding tert-OH is 1. The first-order chi connectivity index (χ1) is 8.20. The van der Waals surface area contributed by atoms with Crippen LogP contribution in [0.15, 0.2) is 22.7 Å². The lowest BCUT2D eigenvalue weighted by molar-refractivity contribution is 0.0839. The molecule has 4 heteroatoms. The first-order valence-corrected chi connectivity index (χ1v) is 6.79. The number of benzene rings is 1. The molecule has 1 saturated heterocycles. The highest BCUT2D eigenvalue weighted by Crippen LogP contribution is 2.24. The first kappa shape index (κ1) is 13.0. The van der Waals surface area contributed by atoms with Crippen molar-refractivity contribution in [2.45, 2.75) is 31.8 Å². The van der Waals surface area contributed by atoms with Crippen LogP contribution in [0.3, 0.4) is 0 Å². The van der Waals surface area contributed by atoms with Gasteiger partial charge in [0.05, 0.1) is 6.61 Å². The highest BCUT2D eigenvalue weighted by molar-refractivity contribution is 9.10. The summed E-state index contributed by atoms with van der Waals surface area (Å²) in [5.74, 6) is -0.208. The van der Waals surface area contributed by atoms with Crippen LogP contribution in [-0.2, 0) is 6.54 Å². The number of halogens is 2. The SMILES string of the molecule is OCC1CCCCN1Cc1cc(F)ccc1Br. The third kappa shape index (κ3) is 3.27. The number of piperidine rings is 1. The molecule has 0 aliphatic carbocycles. The van der Waals surface area contributed by atoms with Gasteiger partial charge in [0.25, 0.3) is 0 Å². The fraction of sp³-hybridized carbons (Fsp3) is 0.538. The summed E-state index contributed by atoms with van der Waals surface area (Å²) in [4.78, 5) is 2.24. The standard InChI is InChI=1S/C13H17BrFNO/c14-13-5-4-11(15)7-10(13)8-16-6-2-1-3-12(16)9-17/h4-5,7,12,17H,1-3,6,8-9H2. The van der Waals surface area contributed by atoms with Crippen LogP contribution < -0.4 is 0 Å². The van der Waals surface area contributed by atoms with Gasteiger partial charge in [-0.3, -0.25) is 4.90 Å². The molecule has 1 aliphatic rings. The van der Waals surface area contributed by atoms with Crippen LogP contribution in [0.5, 0.6) is 0 Å². The van der Waals surface area contributed by atoms with E-state index in [1.165, 1.54) is 12.5 Å². The molecule has 1 unspecified atom stereocenters. The first-order valence-electron chi connectivity index (χ1n) is 5.99. The van der Waals surface area contributed by atoms with Gasteiger partial charge in [-0.1, -0.05) is 22.4 Å². The summed E-state index contributed by atoms with van der Waals surface area (Å²) in [5.41, 5.74) is 0.949. The lowest BCUT2D eigenvalue weighted by Gasteiger charge is -2.34. The number of nitrogens with zero attached hydrogens (tertiary/aromatic N) is 1. The molecule has 17 heavy (non-hydrogen) atoms. The Hall–Kier alpha value is -0.450. The Balaban J connectivity index is 2.10. The lowest BCUT2D eigenvalue weighted by Crippen LogP contribution is -2.41. The summed E-state index contributed by atoms with van der Waals surface area (Å²) in [7, 11) is 0. The van der Waals surface area contributed by atoms with Gasteiger partial charge in [-0.2, -0.15) is 0 Å². The molecule has 0 amide bonds. The van der Waals surface area contributed by atoms with E-state index in [0.717, 1.165) is 29.4 Å². The maximum absolute atomic E-state index is 13.2. The summed E-state index contributed by atoms with van der Waals surface area (Å²) < 4.78 is 14.1. The van der Waals surface area contributed by atoms with Crippen LogP contribution >= 0.6 is 15.9 Å². The Bertz CT molecular complexity index is 386. The van der Waals surface area contributed by atoms with E-state index in [1.54, 1.807) is 12.1 Å². The molecule has 1 heterocycles. The molecule has 0 spiro atoms. The predicted molar refractivity (Wildman–Crippen MR) is 69.2 cm³/mol. The second-order valence-corrected chi connectivity index (χ2v) is 5.39. The van der Waals surface area contributed by atoms with E-state index in [9.17, 15) is 9.50 Å². The van der Waals surface area contributed by atoms with Crippen molar-refractivity contribution >= 4 is 15.9 Å². The van der Waals surface area contributed by atoms with Crippen molar-refractivity contribution in [1.29, 1.82) is 0 Å². The fourth-order valence-corrected chi connectivity index (χ4v) is 2.73. The summed E-state index contributed by atoms with van der Waals surface area (Å²) in [6.45, 7) is 1.87. The van der Waals surface area contributed by atoms with Crippen molar-refractivity contribution in [3.63, 3.8) is 0 Å². The lowest BCUT2D eigenvalue weighted by atomic mass is 10.0. The van der Waals surface area contributed by atoms with Crippen LogP contribution in [0.1, 0.15) is 24.8 Å².